The summed E-state index contributed by atoms with van der Waals surface area (Å²) in [6, 6.07) is 5.99. The highest BCUT2D eigenvalue weighted by atomic mass is 79.9. The number of hydrogen-bond acceptors (Lipinski definition) is 3. The second-order valence-electron chi connectivity index (χ2n) is 3.84. The highest BCUT2D eigenvalue weighted by Crippen LogP contribution is 2.25. The van der Waals surface area contributed by atoms with Crippen LogP contribution in [0.4, 0.5) is 5.82 Å². The molecule has 1 heterocycles. The van der Waals surface area contributed by atoms with E-state index in [4.69, 9.17) is 0 Å². The summed E-state index contributed by atoms with van der Waals surface area (Å²) in [6.45, 7) is 9.01. The molecule has 3 nitrogen and oxygen atoms in total. The molecular formula is C14H15BrClN3. The first-order valence-electron chi connectivity index (χ1n) is 5.63. The fraction of sp³-hybridized carbons (Fsp3) is 0.143. The van der Waals surface area contributed by atoms with Gasteiger partial charge in [0.15, 0.2) is 0 Å². The molecule has 0 amide bonds. The Labute approximate surface area is 127 Å². The van der Waals surface area contributed by atoms with Crippen LogP contribution >= 0.6 is 28.3 Å². The van der Waals surface area contributed by atoms with Gasteiger partial charge in [-0.25, -0.2) is 9.97 Å². The molecule has 0 fully saturated rings. The quantitative estimate of drug-likeness (QED) is 0.771. The van der Waals surface area contributed by atoms with Crippen LogP contribution in [0.25, 0.3) is 10.9 Å². The lowest BCUT2D eigenvalue weighted by molar-refractivity contribution is 0.928. The maximum atomic E-state index is 4.38. The minimum absolute atomic E-state index is 0. The minimum atomic E-state index is 0. The van der Waals surface area contributed by atoms with Crippen LogP contribution in [0.2, 0.25) is 0 Å². The van der Waals surface area contributed by atoms with Gasteiger partial charge in [0.1, 0.15) is 12.1 Å². The van der Waals surface area contributed by atoms with Gasteiger partial charge in [0.2, 0.25) is 0 Å². The van der Waals surface area contributed by atoms with Crippen molar-refractivity contribution in [3.8, 4) is 0 Å². The van der Waals surface area contributed by atoms with E-state index in [2.05, 4.69) is 44.0 Å². The third kappa shape index (κ3) is 3.55. The SMILES string of the molecule is C=CCN(CC=C)c1ncnc2ccc(Br)cc12.Cl. The second-order valence-corrected chi connectivity index (χ2v) is 4.76. The van der Waals surface area contributed by atoms with Crippen molar-refractivity contribution in [1.29, 1.82) is 0 Å². The fourth-order valence-corrected chi connectivity index (χ4v) is 2.19. The van der Waals surface area contributed by atoms with E-state index in [1.807, 2.05) is 30.4 Å². The number of fused-ring (bicyclic) bond motifs is 1. The van der Waals surface area contributed by atoms with Gasteiger partial charge in [-0.15, -0.1) is 25.6 Å². The largest absolute Gasteiger partial charge is 0.349 e. The van der Waals surface area contributed by atoms with E-state index in [-0.39, 0.29) is 12.4 Å². The zero-order valence-corrected chi connectivity index (χ0v) is 12.8. The summed E-state index contributed by atoms with van der Waals surface area (Å²) in [4.78, 5) is 10.8. The molecule has 19 heavy (non-hydrogen) atoms. The zero-order chi connectivity index (χ0) is 13.0. The van der Waals surface area contributed by atoms with Crippen molar-refractivity contribution in [2.24, 2.45) is 0 Å². The van der Waals surface area contributed by atoms with E-state index in [1.54, 1.807) is 6.33 Å². The Kier molecular flexibility index (Phi) is 5.99. The lowest BCUT2D eigenvalue weighted by atomic mass is 10.2. The van der Waals surface area contributed by atoms with Crippen LogP contribution in [0, 0.1) is 0 Å². The molecule has 1 aromatic heterocycles. The normalized spacial score (nSPS) is 9.74. The first kappa shape index (κ1) is 15.7. The molecule has 2 rings (SSSR count). The van der Waals surface area contributed by atoms with Crippen molar-refractivity contribution in [2.75, 3.05) is 18.0 Å². The van der Waals surface area contributed by atoms with E-state index < -0.39 is 0 Å². The molecule has 0 N–H and O–H groups in total. The van der Waals surface area contributed by atoms with E-state index in [0.29, 0.717) is 0 Å². The molecule has 5 heteroatoms. The predicted molar refractivity (Wildman–Crippen MR) is 87.1 cm³/mol. The van der Waals surface area contributed by atoms with Crippen LogP contribution in [0.3, 0.4) is 0 Å². The summed E-state index contributed by atoms with van der Waals surface area (Å²) in [5, 5.41) is 1.02. The molecule has 100 valence electrons. The predicted octanol–water partition coefficient (Wildman–Crippen LogP) is 3.99. The fourth-order valence-electron chi connectivity index (χ4n) is 1.83. The van der Waals surface area contributed by atoms with Crippen molar-refractivity contribution in [3.05, 3.63) is 54.3 Å². The van der Waals surface area contributed by atoms with Crippen molar-refractivity contribution in [3.63, 3.8) is 0 Å². The Morgan fingerprint density at radius 2 is 1.84 bits per heavy atom. The molecule has 0 aliphatic rings. The molecule has 0 atom stereocenters. The molecular weight excluding hydrogens is 326 g/mol. The van der Waals surface area contributed by atoms with E-state index in [1.165, 1.54) is 0 Å². The molecule has 0 saturated carbocycles. The summed E-state index contributed by atoms with van der Waals surface area (Å²) in [5.41, 5.74) is 0.932. The van der Waals surface area contributed by atoms with Crippen LogP contribution in [0.5, 0.6) is 0 Å². The average molecular weight is 341 g/mol. The maximum Gasteiger partial charge on any atom is 0.140 e. The summed E-state index contributed by atoms with van der Waals surface area (Å²) < 4.78 is 1.02. The molecule has 0 aliphatic heterocycles. The van der Waals surface area contributed by atoms with Gasteiger partial charge in [0, 0.05) is 22.9 Å². The number of halogens is 2. The number of rotatable bonds is 5. The standard InChI is InChI=1S/C14H14BrN3.ClH/c1-3-7-18(8-4-2)14-12-9-11(15)5-6-13(12)16-10-17-14;/h3-6,9-10H,1-2,7-8H2;1H. The summed E-state index contributed by atoms with van der Waals surface area (Å²) in [7, 11) is 0. The Morgan fingerprint density at radius 3 is 2.47 bits per heavy atom. The van der Waals surface area contributed by atoms with Crippen LogP contribution in [0.15, 0.2) is 54.3 Å². The topological polar surface area (TPSA) is 29.0 Å². The summed E-state index contributed by atoms with van der Waals surface area (Å²) in [5.74, 6) is 0.904. The van der Waals surface area contributed by atoms with Gasteiger partial charge in [0.05, 0.1) is 5.52 Å². The molecule has 0 spiro atoms. The Morgan fingerprint density at radius 1 is 1.16 bits per heavy atom. The summed E-state index contributed by atoms with van der Waals surface area (Å²) >= 11 is 3.48. The van der Waals surface area contributed by atoms with Crippen LogP contribution in [-0.2, 0) is 0 Å². The van der Waals surface area contributed by atoms with Gasteiger partial charge in [-0.1, -0.05) is 28.1 Å². The smallest absolute Gasteiger partial charge is 0.140 e. The lowest BCUT2D eigenvalue weighted by Gasteiger charge is -2.21. The van der Waals surface area contributed by atoms with Gasteiger partial charge >= 0.3 is 0 Å². The number of hydrogen-bond donors (Lipinski definition) is 0. The Bertz CT molecular complexity index is 576. The second kappa shape index (κ2) is 7.26. The van der Waals surface area contributed by atoms with E-state index >= 15 is 0 Å². The highest BCUT2D eigenvalue weighted by Gasteiger charge is 2.10. The van der Waals surface area contributed by atoms with Crippen molar-refractivity contribution >= 4 is 45.1 Å². The van der Waals surface area contributed by atoms with Crippen LogP contribution in [0.1, 0.15) is 0 Å². The molecule has 0 bridgehead atoms. The van der Waals surface area contributed by atoms with Crippen LogP contribution in [-0.4, -0.2) is 23.1 Å². The van der Waals surface area contributed by atoms with Crippen molar-refractivity contribution in [1.82, 2.24) is 9.97 Å². The number of nitrogens with zero attached hydrogens (tertiary/aromatic N) is 3. The Balaban J connectivity index is 0.00000180. The Hall–Kier alpha value is -1.39. The molecule has 0 saturated heterocycles. The van der Waals surface area contributed by atoms with Gasteiger partial charge in [-0.05, 0) is 18.2 Å². The lowest BCUT2D eigenvalue weighted by Crippen LogP contribution is -2.24. The minimum Gasteiger partial charge on any atom is -0.349 e. The van der Waals surface area contributed by atoms with Gasteiger partial charge in [-0.2, -0.15) is 0 Å². The van der Waals surface area contributed by atoms with Crippen molar-refractivity contribution < 1.29 is 0 Å². The van der Waals surface area contributed by atoms with Crippen molar-refractivity contribution in [2.45, 2.75) is 0 Å². The first-order valence-corrected chi connectivity index (χ1v) is 6.42. The third-order valence-corrected chi connectivity index (χ3v) is 3.07. The highest BCUT2D eigenvalue weighted by molar-refractivity contribution is 9.10. The van der Waals surface area contributed by atoms with Gasteiger partial charge in [-0.3, -0.25) is 0 Å². The molecule has 0 unspecified atom stereocenters. The zero-order valence-electron chi connectivity index (χ0n) is 10.4. The average Bonchev–Trinajstić information content (AvgIpc) is 2.38. The first-order chi connectivity index (χ1) is 8.76. The molecule has 1 aromatic carbocycles. The van der Waals surface area contributed by atoms with E-state index in [9.17, 15) is 0 Å². The number of benzene rings is 1. The number of aromatic nitrogens is 2. The van der Waals surface area contributed by atoms with Crippen LogP contribution < -0.4 is 4.90 Å². The number of anilines is 1. The van der Waals surface area contributed by atoms with E-state index in [0.717, 1.165) is 34.3 Å². The third-order valence-electron chi connectivity index (χ3n) is 2.57. The molecule has 0 aliphatic carbocycles. The summed E-state index contributed by atoms with van der Waals surface area (Å²) in [6.07, 6.45) is 5.30. The monoisotopic (exact) mass is 339 g/mol. The molecule has 2 aromatic rings. The van der Waals surface area contributed by atoms with Gasteiger partial charge < -0.3 is 4.90 Å². The molecule has 0 radical (unpaired) electrons. The van der Waals surface area contributed by atoms with Gasteiger partial charge in [0.25, 0.3) is 0 Å². The maximum absolute atomic E-state index is 4.38.